The molecule has 32 heavy (non-hydrogen) atoms. The Bertz CT molecular complexity index is 817. The molecule has 0 saturated heterocycles. The van der Waals surface area contributed by atoms with E-state index < -0.39 is 28.6 Å². The Morgan fingerprint density at radius 1 is 1.06 bits per heavy atom. The van der Waals surface area contributed by atoms with Gasteiger partial charge >= 0.3 is 0 Å². The standard InChI is InChI=1S/C24H36O7S/c1-5-8-15-27-21-17-23(28-14-7-3)31-22(24(21)29-16-9-6-2)18-30-32(25,26)20-12-10-19(4)11-13-20/h7,10-13,17,22-24H,3,5-6,8-9,14-16,18H2,1-2,4H3. The molecule has 1 heterocycles. The third kappa shape index (κ3) is 8.33. The van der Waals surface area contributed by atoms with Gasteiger partial charge in [0.1, 0.15) is 18.0 Å². The van der Waals surface area contributed by atoms with E-state index in [0.29, 0.717) is 19.0 Å². The molecule has 3 unspecified atom stereocenters. The average molecular weight is 469 g/mol. The highest BCUT2D eigenvalue weighted by atomic mass is 32.2. The molecular formula is C24H36O7S. The van der Waals surface area contributed by atoms with Crippen molar-refractivity contribution in [3.8, 4) is 0 Å². The van der Waals surface area contributed by atoms with Gasteiger partial charge in [0.15, 0.2) is 6.29 Å². The Hall–Kier alpha value is -1.71. The SMILES string of the molecule is C=CCOC1C=C(OCCCC)C(OCCCC)C(COS(=O)(=O)c2ccc(C)cc2)O1. The first-order valence-electron chi connectivity index (χ1n) is 11.2. The number of rotatable bonds is 15. The number of hydrogen-bond donors (Lipinski definition) is 0. The van der Waals surface area contributed by atoms with Gasteiger partial charge in [0.2, 0.25) is 0 Å². The molecule has 8 heteroatoms. The van der Waals surface area contributed by atoms with Crippen LogP contribution in [0, 0.1) is 6.92 Å². The molecule has 0 aromatic heterocycles. The molecule has 2 rings (SSSR count). The molecular weight excluding hydrogens is 432 g/mol. The summed E-state index contributed by atoms with van der Waals surface area (Å²) in [5.74, 6) is 0.580. The van der Waals surface area contributed by atoms with Crippen molar-refractivity contribution in [2.75, 3.05) is 26.4 Å². The molecule has 0 bridgehead atoms. The zero-order valence-corrected chi connectivity index (χ0v) is 20.1. The summed E-state index contributed by atoms with van der Waals surface area (Å²) < 4.78 is 54.4. The Kier molecular flexibility index (Phi) is 11.4. The molecule has 0 spiro atoms. The monoisotopic (exact) mass is 468 g/mol. The largest absolute Gasteiger partial charge is 0.495 e. The van der Waals surface area contributed by atoms with Crippen molar-refractivity contribution in [1.29, 1.82) is 0 Å². The van der Waals surface area contributed by atoms with Crippen molar-refractivity contribution in [3.05, 3.63) is 54.3 Å². The summed E-state index contributed by atoms with van der Waals surface area (Å²) in [6.45, 7) is 10.8. The summed E-state index contributed by atoms with van der Waals surface area (Å²) in [5.41, 5.74) is 0.963. The van der Waals surface area contributed by atoms with E-state index >= 15 is 0 Å². The first-order valence-corrected chi connectivity index (χ1v) is 12.6. The summed E-state index contributed by atoms with van der Waals surface area (Å²) in [4.78, 5) is 0.0942. The van der Waals surface area contributed by atoms with Crippen LogP contribution in [0.2, 0.25) is 0 Å². The third-order valence-corrected chi connectivity index (χ3v) is 6.16. The summed E-state index contributed by atoms with van der Waals surface area (Å²) >= 11 is 0. The van der Waals surface area contributed by atoms with E-state index in [1.807, 2.05) is 6.92 Å². The Balaban J connectivity index is 2.19. The van der Waals surface area contributed by atoms with E-state index in [1.165, 1.54) is 12.1 Å². The second kappa shape index (κ2) is 13.7. The predicted molar refractivity (Wildman–Crippen MR) is 123 cm³/mol. The number of aryl methyl sites for hydroxylation is 1. The molecule has 7 nitrogen and oxygen atoms in total. The molecule has 1 aromatic rings. The van der Waals surface area contributed by atoms with Gasteiger partial charge in [-0.3, -0.25) is 4.18 Å². The molecule has 3 atom stereocenters. The Labute approximate surface area is 192 Å². The minimum Gasteiger partial charge on any atom is -0.495 e. The maximum atomic E-state index is 12.7. The van der Waals surface area contributed by atoms with E-state index in [2.05, 4.69) is 20.4 Å². The number of unbranched alkanes of at least 4 members (excludes halogenated alkanes) is 2. The van der Waals surface area contributed by atoms with Gasteiger partial charge in [-0.15, -0.1) is 6.58 Å². The summed E-state index contributed by atoms with van der Waals surface area (Å²) in [7, 11) is -3.95. The normalized spacial score (nSPS) is 21.2. The maximum Gasteiger partial charge on any atom is 0.297 e. The third-order valence-electron chi connectivity index (χ3n) is 4.86. The first-order chi connectivity index (χ1) is 15.4. The summed E-state index contributed by atoms with van der Waals surface area (Å²) in [5, 5.41) is 0. The van der Waals surface area contributed by atoms with Crippen molar-refractivity contribution >= 4 is 10.1 Å². The smallest absolute Gasteiger partial charge is 0.297 e. The molecule has 0 N–H and O–H groups in total. The van der Waals surface area contributed by atoms with E-state index in [-0.39, 0.29) is 18.1 Å². The van der Waals surface area contributed by atoms with Gasteiger partial charge in [-0.05, 0) is 31.9 Å². The second-order valence-corrected chi connectivity index (χ2v) is 9.25. The van der Waals surface area contributed by atoms with Crippen LogP contribution in [0.15, 0.2) is 53.7 Å². The van der Waals surface area contributed by atoms with Gasteiger partial charge in [0, 0.05) is 12.7 Å². The van der Waals surface area contributed by atoms with Gasteiger partial charge in [0.25, 0.3) is 10.1 Å². The number of benzene rings is 1. The minimum absolute atomic E-state index is 0.0942. The minimum atomic E-state index is -3.95. The van der Waals surface area contributed by atoms with Crippen LogP contribution in [0.1, 0.15) is 45.1 Å². The molecule has 1 aliphatic rings. The Morgan fingerprint density at radius 3 is 2.41 bits per heavy atom. The van der Waals surface area contributed by atoms with Crippen molar-refractivity contribution in [1.82, 2.24) is 0 Å². The second-order valence-electron chi connectivity index (χ2n) is 7.63. The van der Waals surface area contributed by atoms with Crippen molar-refractivity contribution in [2.45, 2.75) is 69.8 Å². The van der Waals surface area contributed by atoms with Gasteiger partial charge < -0.3 is 18.9 Å². The fraction of sp³-hybridized carbons (Fsp3) is 0.583. The molecule has 1 aliphatic heterocycles. The topological polar surface area (TPSA) is 80.3 Å². The van der Waals surface area contributed by atoms with E-state index in [0.717, 1.165) is 31.2 Å². The molecule has 1 aromatic carbocycles. The molecule has 180 valence electrons. The Morgan fingerprint density at radius 2 is 1.75 bits per heavy atom. The fourth-order valence-corrected chi connectivity index (χ4v) is 3.93. The molecule has 0 radical (unpaired) electrons. The van der Waals surface area contributed by atoms with Crippen LogP contribution in [0.3, 0.4) is 0 Å². The lowest BCUT2D eigenvalue weighted by atomic mass is 10.1. The molecule has 0 saturated carbocycles. The predicted octanol–water partition coefficient (Wildman–Crippen LogP) is 4.51. The molecule has 0 aliphatic carbocycles. The van der Waals surface area contributed by atoms with E-state index in [9.17, 15) is 8.42 Å². The van der Waals surface area contributed by atoms with Gasteiger partial charge in [-0.25, -0.2) is 0 Å². The van der Waals surface area contributed by atoms with Crippen molar-refractivity contribution in [2.24, 2.45) is 0 Å². The lowest BCUT2D eigenvalue weighted by Gasteiger charge is -2.35. The van der Waals surface area contributed by atoms with Gasteiger partial charge in [0.05, 0.1) is 24.7 Å². The lowest BCUT2D eigenvalue weighted by molar-refractivity contribution is -0.194. The quantitative estimate of drug-likeness (QED) is 0.213. The summed E-state index contributed by atoms with van der Waals surface area (Å²) in [6.07, 6.45) is 5.04. The molecule has 0 amide bonds. The van der Waals surface area contributed by atoms with Crippen LogP contribution in [-0.2, 0) is 33.2 Å². The zero-order valence-electron chi connectivity index (χ0n) is 19.3. The lowest BCUT2D eigenvalue weighted by Crippen LogP contribution is -2.45. The zero-order chi connectivity index (χ0) is 23.4. The number of ether oxygens (including phenoxy) is 4. The van der Waals surface area contributed by atoms with Crippen LogP contribution in [0.25, 0.3) is 0 Å². The average Bonchev–Trinajstić information content (AvgIpc) is 2.78. The first kappa shape index (κ1) is 26.5. The highest BCUT2D eigenvalue weighted by Crippen LogP contribution is 2.26. The van der Waals surface area contributed by atoms with Crippen molar-refractivity contribution in [3.63, 3.8) is 0 Å². The summed E-state index contributed by atoms with van der Waals surface area (Å²) in [6, 6.07) is 6.50. The van der Waals surface area contributed by atoms with Gasteiger partial charge in [-0.1, -0.05) is 50.5 Å². The van der Waals surface area contributed by atoms with E-state index in [4.69, 9.17) is 23.1 Å². The fourth-order valence-electron chi connectivity index (χ4n) is 3.01. The van der Waals surface area contributed by atoms with Crippen molar-refractivity contribution < 1.29 is 31.5 Å². The maximum absolute atomic E-state index is 12.7. The highest BCUT2D eigenvalue weighted by molar-refractivity contribution is 7.86. The van der Waals surface area contributed by atoms with Crippen LogP contribution in [-0.4, -0.2) is 53.3 Å². The van der Waals surface area contributed by atoms with Crippen LogP contribution >= 0.6 is 0 Å². The number of hydrogen-bond acceptors (Lipinski definition) is 7. The van der Waals surface area contributed by atoms with Crippen LogP contribution < -0.4 is 0 Å². The van der Waals surface area contributed by atoms with E-state index in [1.54, 1.807) is 24.3 Å². The highest BCUT2D eigenvalue weighted by Gasteiger charge is 2.37. The van der Waals surface area contributed by atoms with Crippen LogP contribution in [0.4, 0.5) is 0 Å². The van der Waals surface area contributed by atoms with Crippen LogP contribution in [0.5, 0.6) is 0 Å². The van der Waals surface area contributed by atoms with Gasteiger partial charge in [-0.2, -0.15) is 8.42 Å². The molecule has 0 fully saturated rings.